The molecule has 1 aliphatic heterocycles. The zero-order chi connectivity index (χ0) is 10.1. The molecule has 1 aliphatic rings. The molecule has 78 valence electrons. The summed E-state index contributed by atoms with van der Waals surface area (Å²) in [5.41, 5.74) is 0.485. The fourth-order valence-electron chi connectivity index (χ4n) is 2.23. The summed E-state index contributed by atoms with van der Waals surface area (Å²) >= 11 is 0. The Morgan fingerprint density at radius 2 is 1.92 bits per heavy atom. The van der Waals surface area contributed by atoms with Crippen molar-refractivity contribution >= 4 is 0 Å². The van der Waals surface area contributed by atoms with Gasteiger partial charge in [0.05, 0.1) is 0 Å². The highest BCUT2D eigenvalue weighted by Crippen LogP contribution is 2.33. The first-order chi connectivity index (χ1) is 5.89. The highest BCUT2D eigenvalue weighted by atomic mass is 15.0. The smallest absolute Gasteiger partial charge is 0.00729 e. The molecule has 0 aromatic carbocycles. The molecule has 0 aromatic heterocycles. The van der Waals surface area contributed by atoms with E-state index in [0.717, 1.165) is 17.9 Å². The van der Waals surface area contributed by atoms with Crippen LogP contribution in [-0.4, -0.2) is 12.6 Å². The minimum Gasteiger partial charge on any atom is -0.314 e. The van der Waals surface area contributed by atoms with Crippen molar-refractivity contribution in [3.8, 4) is 0 Å². The summed E-state index contributed by atoms with van der Waals surface area (Å²) in [6.07, 6.45) is 2.72. The predicted octanol–water partition coefficient (Wildman–Crippen LogP) is 3.06. The molecule has 0 amide bonds. The molecular formula is C12H25N. The van der Waals surface area contributed by atoms with Crippen LogP contribution in [0.5, 0.6) is 0 Å². The van der Waals surface area contributed by atoms with Crippen LogP contribution in [0, 0.1) is 17.3 Å². The molecule has 0 aliphatic carbocycles. The molecular weight excluding hydrogens is 158 g/mol. The first kappa shape index (κ1) is 11.0. The van der Waals surface area contributed by atoms with Gasteiger partial charge in [0, 0.05) is 6.04 Å². The Hall–Kier alpha value is -0.0400. The van der Waals surface area contributed by atoms with Crippen molar-refractivity contribution in [3.05, 3.63) is 0 Å². The average molecular weight is 183 g/mol. The molecule has 1 saturated heterocycles. The van der Waals surface area contributed by atoms with Crippen LogP contribution in [-0.2, 0) is 0 Å². The van der Waals surface area contributed by atoms with Crippen LogP contribution in [0.25, 0.3) is 0 Å². The zero-order valence-corrected chi connectivity index (χ0v) is 9.85. The summed E-state index contributed by atoms with van der Waals surface area (Å²) in [5, 5.41) is 3.64. The Morgan fingerprint density at radius 3 is 2.31 bits per heavy atom. The van der Waals surface area contributed by atoms with E-state index in [2.05, 4.69) is 39.9 Å². The first-order valence-corrected chi connectivity index (χ1v) is 5.63. The largest absolute Gasteiger partial charge is 0.314 e. The summed E-state index contributed by atoms with van der Waals surface area (Å²) in [7, 11) is 0. The minimum atomic E-state index is 0.485. The molecule has 0 radical (unpaired) electrons. The molecule has 0 saturated carbocycles. The second-order valence-corrected chi connectivity index (χ2v) is 6.03. The van der Waals surface area contributed by atoms with Gasteiger partial charge in [0.25, 0.3) is 0 Å². The topological polar surface area (TPSA) is 12.0 Å². The molecule has 2 unspecified atom stereocenters. The molecule has 1 nitrogen and oxygen atoms in total. The Morgan fingerprint density at radius 1 is 1.31 bits per heavy atom. The highest BCUT2D eigenvalue weighted by molar-refractivity contribution is 4.88. The lowest BCUT2D eigenvalue weighted by molar-refractivity contribution is 0.255. The lowest BCUT2D eigenvalue weighted by Crippen LogP contribution is -2.24. The van der Waals surface area contributed by atoms with Crippen LogP contribution in [0.2, 0.25) is 0 Å². The van der Waals surface area contributed by atoms with Crippen LogP contribution < -0.4 is 5.32 Å². The third kappa shape index (κ3) is 3.30. The van der Waals surface area contributed by atoms with Crippen LogP contribution in [0.1, 0.15) is 47.5 Å². The minimum absolute atomic E-state index is 0.485. The summed E-state index contributed by atoms with van der Waals surface area (Å²) in [4.78, 5) is 0. The van der Waals surface area contributed by atoms with E-state index < -0.39 is 0 Å². The molecule has 1 heteroatoms. The number of hydrogen-bond acceptors (Lipinski definition) is 1. The van der Waals surface area contributed by atoms with E-state index in [0.29, 0.717) is 5.41 Å². The van der Waals surface area contributed by atoms with Crippen LogP contribution in [0.15, 0.2) is 0 Å². The third-order valence-corrected chi connectivity index (χ3v) is 3.20. The summed E-state index contributed by atoms with van der Waals surface area (Å²) in [6, 6.07) is 0.782. The first-order valence-electron chi connectivity index (χ1n) is 5.63. The quantitative estimate of drug-likeness (QED) is 0.694. The van der Waals surface area contributed by atoms with Crippen molar-refractivity contribution in [2.75, 3.05) is 6.54 Å². The van der Waals surface area contributed by atoms with Crippen molar-refractivity contribution in [3.63, 3.8) is 0 Å². The van der Waals surface area contributed by atoms with Gasteiger partial charge in [-0.05, 0) is 36.6 Å². The summed E-state index contributed by atoms with van der Waals surface area (Å²) < 4.78 is 0. The molecule has 1 rings (SSSR count). The van der Waals surface area contributed by atoms with Gasteiger partial charge < -0.3 is 5.32 Å². The maximum atomic E-state index is 3.64. The van der Waals surface area contributed by atoms with Gasteiger partial charge in [-0.3, -0.25) is 0 Å². The van der Waals surface area contributed by atoms with Gasteiger partial charge >= 0.3 is 0 Å². The Balaban J connectivity index is 2.36. The van der Waals surface area contributed by atoms with E-state index in [1.54, 1.807) is 0 Å². The van der Waals surface area contributed by atoms with E-state index in [9.17, 15) is 0 Å². The Kier molecular flexibility index (Phi) is 3.39. The van der Waals surface area contributed by atoms with Crippen LogP contribution >= 0.6 is 0 Å². The second-order valence-electron chi connectivity index (χ2n) is 6.03. The molecule has 0 bridgehead atoms. The number of rotatable bonds is 2. The molecule has 1 heterocycles. The van der Waals surface area contributed by atoms with Gasteiger partial charge in [-0.25, -0.2) is 0 Å². The van der Waals surface area contributed by atoms with E-state index in [-0.39, 0.29) is 0 Å². The maximum absolute atomic E-state index is 3.64. The molecule has 13 heavy (non-hydrogen) atoms. The van der Waals surface area contributed by atoms with Crippen molar-refractivity contribution in [2.45, 2.75) is 53.5 Å². The number of hydrogen-bond donors (Lipinski definition) is 1. The van der Waals surface area contributed by atoms with Gasteiger partial charge in [-0.15, -0.1) is 0 Å². The van der Waals surface area contributed by atoms with E-state index in [1.807, 2.05) is 0 Å². The molecule has 1 fully saturated rings. The van der Waals surface area contributed by atoms with Crippen molar-refractivity contribution in [1.82, 2.24) is 5.32 Å². The molecule has 0 aromatic rings. The third-order valence-electron chi connectivity index (χ3n) is 3.20. The fourth-order valence-corrected chi connectivity index (χ4v) is 2.23. The van der Waals surface area contributed by atoms with Crippen molar-refractivity contribution in [1.29, 1.82) is 0 Å². The van der Waals surface area contributed by atoms with Gasteiger partial charge in [0.1, 0.15) is 0 Å². The lowest BCUT2D eigenvalue weighted by Gasteiger charge is -2.26. The van der Waals surface area contributed by atoms with E-state index >= 15 is 0 Å². The van der Waals surface area contributed by atoms with Crippen LogP contribution in [0.4, 0.5) is 0 Å². The summed E-state index contributed by atoms with van der Waals surface area (Å²) in [5.74, 6) is 1.70. The van der Waals surface area contributed by atoms with Crippen molar-refractivity contribution in [2.24, 2.45) is 17.3 Å². The standard InChI is InChI=1S/C12H25N/c1-9(2)6-11-7-10(8-13-11)12(3,4)5/h9-11,13H,6-8H2,1-5H3. The zero-order valence-electron chi connectivity index (χ0n) is 9.85. The second kappa shape index (κ2) is 4.00. The van der Waals surface area contributed by atoms with Gasteiger partial charge in [-0.1, -0.05) is 34.6 Å². The normalized spacial score (nSPS) is 30.0. The SMILES string of the molecule is CC(C)CC1CC(C(C)(C)C)CN1. The molecule has 1 N–H and O–H groups in total. The Bertz CT molecular complexity index is 155. The van der Waals surface area contributed by atoms with Gasteiger partial charge in [0.15, 0.2) is 0 Å². The average Bonchev–Trinajstić information content (AvgIpc) is 2.32. The van der Waals surface area contributed by atoms with Gasteiger partial charge in [0.2, 0.25) is 0 Å². The van der Waals surface area contributed by atoms with Crippen LogP contribution in [0.3, 0.4) is 0 Å². The van der Waals surface area contributed by atoms with Crippen molar-refractivity contribution < 1.29 is 0 Å². The van der Waals surface area contributed by atoms with E-state index in [4.69, 9.17) is 0 Å². The maximum Gasteiger partial charge on any atom is 0.00729 e. The summed E-state index contributed by atoms with van der Waals surface area (Å²) in [6.45, 7) is 12.9. The highest BCUT2D eigenvalue weighted by Gasteiger charge is 2.32. The molecule has 2 atom stereocenters. The fraction of sp³-hybridized carbons (Fsp3) is 1.00. The Labute approximate surface area is 83.3 Å². The monoisotopic (exact) mass is 183 g/mol. The lowest BCUT2D eigenvalue weighted by atomic mass is 9.79. The number of nitrogens with one attached hydrogen (secondary N) is 1. The van der Waals surface area contributed by atoms with E-state index in [1.165, 1.54) is 19.4 Å². The predicted molar refractivity (Wildman–Crippen MR) is 58.8 cm³/mol. The molecule has 0 spiro atoms. The van der Waals surface area contributed by atoms with Gasteiger partial charge in [-0.2, -0.15) is 0 Å².